The lowest BCUT2D eigenvalue weighted by Gasteiger charge is -2.32. The number of benzene rings is 1. The van der Waals surface area contributed by atoms with Crippen LogP contribution in [0.2, 0.25) is 0 Å². The number of rotatable bonds is 3. The third-order valence-corrected chi connectivity index (χ3v) is 3.86. The number of nitrogens with zero attached hydrogens (tertiary/aromatic N) is 1. The van der Waals surface area contributed by atoms with Crippen molar-refractivity contribution in [1.29, 1.82) is 0 Å². The third kappa shape index (κ3) is 3.20. The van der Waals surface area contributed by atoms with Gasteiger partial charge in [-0.2, -0.15) is 0 Å². The summed E-state index contributed by atoms with van der Waals surface area (Å²) in [5.74, 6) is 0.0377. The average molecular weight is 303 g/mol. The minimum absolute atomic E-state index is 0.0848. The molecule has 0 radical (unpaired) electrons. The summed E-state index contributed by atoms with van der Waals surface area (Å²) in [5, 5.41) is 0. The number of aryl methyl sites for hydroxylation is 1. The number of morpholine rings is 1. The molecule has 116 valence electrons. The van der Waals surface area contributed by atoms with Gasteiger partial charge in [0.2, 0.25) is 0 Å². The summed E-state index contributed by atoms with van der Waals surface area (Å²) in [7, 11) is 0. The van der Waals surface area contributed by atoms with Crippen molar-refractivity contribution in [2.24, 2.45) is 0 Å². The molecule has 1 aliphatic rings. The van der Waals surface area contributed by atoms with E-state index in [1.54, 1.807) is 23.1 Å². The fraction of sp³-hybridized carbons (Fsp3) is 0.353. The van der Waals surface area contributed by atoms with Gasteiger partial charge in [-0.1, -0.05) is 12.1 Å². The number of amides is 1. The Morgan fingerprint density at radius 2 is 2.09 bits per heavy atom. The Morgan fingerprint density at radius 3 is 2.77 bits per heavy atom. The van der Waals surface area contributed by atoms with Crippen molar-refractivity contribution in [3.05, 3.63) is 59.3 Å². The van der Waals surface area contributed by atoms with Gasteiger partial charge in [0.15, 0.2) is 5.76 Å². The van der Waals surface area contributed by atoms with Crippen molar-refractivity contribution < 1.29 is 18.3 Å². The quantitative estimate of drug-likeness (QED) is 0.875. The van der Waals surface area contributed by atoms with E-state index in [0.717, 1.165) is 11.1 Å². The first-order chi connectivity index (χ1) is 10.6. The van der Waals surface area contributed by atoms with Gasteiger partial charge in [0.25, 0.3) is 5.91 Å². The van der Waals surface area contributed by atoms with E-state index in [4.69, 9.17) is 9.15 Å². The topological polar surface area (TPSA) is 42.7 Å². The summed E-state index contributed by atoms with van der Waals surface area (Å²) in [6.07, 6.45) is 2.10. The van der Waals surface area contributed by atoms with Crippen molar-refractivity contribution in [2.75, 3.05) is 19.7 Å². The van der Waals surface area contributed by atoms with E-state index in [2.05, 4.69) is 0 Å². The molecule has 0 unspecified atom stereocenters. The molecule has 2 heterocycles. The second-order valence-electron chi connectivity index (χ2n) is 5.51. The van der Waals surface area contributed by atoms with Crippen molar-refractivity contribution in [2.45, 2.75) is 19.4 Å². The molecule has 2 aromatic rings. The molecule has 1 aromatic carbocycles. The van der Waals surface area contributed by atoms with Crippen LogP contribution in [-0.2, 0) is 11.2 Å². The fourth-order valence-corrected chi connectivity index (χ4v) is 2.65. The molecule has 1 saturated heterocycles. The Morgan fingerprint density at radius 1 is 1.32 bits per heavy atom. The molecule has 5 heteroatoms. The van der Waals surface area contributed by atoms with Gasteiger partial charge in [-0.25, -0.2) is 4.39 Å². The molecule has 1 aromatic heterocycles. The maximum absolute atomic E-state index is 12.9. The molecule has 1 aliphatic heterocycles. The van der Waals surface area contributed by atoms with Gasteiger partial charge < -0.3 is 14.1 Å². The van der Waals surface area contributed by atoms with E-state index in [-0.39, 0.29) is 17.8 Å². The number of hydrogen-bond donors (Lipinski definition) is 0. The number of carbonyl (C=O) groups excluding carboxylic acids is 1. The minimum Gasteiger partial charge on any atom is -0.459 e. The van der Waals surface area contributed by atoms with Crippen LogP contribution in [0.1, 0.15) is 21.7 Å². The van der Waals surface area contributed by atoms with Crippen LogP contribution in [-0.4, -0.2) is 36.6 Å². The molecular weight excluding hydrogens is 285 g/mol. The second kappa shape index (κ2) is 6.32. The van der Waals surface area contributed by atoms with Crippen LogP contribution in [0, 0.1) is 12.7 Å². The Hall–Kier alpha value is -2.14. The lowest BCUT2D eigenvalue weighted by molar-refractivity contribution is -0.0218. The van der Waals surface area contributed by atoms with Gasteiger partial charge in [0.1, 0.15) is 5.82 Å². The van der Waals surface area contributed by atoms with Crippen molar-refractivity contribution in [3.8, 4) is 0 Å². The smallest absolute Gasteiger partial charge is 0.289 e. The predicted molar refractivity (Wildman–Crippen MR) is 79.2 cm³/mol. The number of ether oxygens (including phenoxy) is 1. The number of hydrogen-bond acceptors (Lipinski definition) is 3. The van der Waals surface area contributed by atoms with Crippen LogP contribution >= 0.6 is 0 Å². The first kappa shape index (κ1) is 14.8. The van der Waals surface area contributed by atoms with E-state index < -0.39 is 0 Å². The van der Waals surface area contributed by atoms with Crippen LogP contribution in [0.5, 0.6) is 0 Å². The van der Waals surface area contributed by atoms with Gasteiger partial charge in [0, 0.05) is 25.1 Å². The van der Waals surface area contributed by atoms with Gasteiger partial charge >= 0.3 is 0 Å². The van der Waals surface area contributed by atoms with Crippen LogP contribution in [0.15, 0.2) is 41.0 Å². The zero-order chi connectivity index (χ0) is 15.5. The van der Waals surface area contributed by atoms with Crippen molar-refractivity contribution in [3.63, 3.8) is 0 Å². The SMILES string of the molecule is Cc1ccoc1C(=O)N1CCO[C@H](Cc2ccc(F)cc2)C1. The van der Waals surface area contributed by atoms with Crippen LogP contribution < -0.4 is 0 Å². The van der Waals surface area contributed by atoms with Crippen LogP contribution in [0.25, 0.3) is 0 Å². The monoisotopic (exact) mass is 303 g/mol. The standard InChI is InChI=1S/C17H18FNO3/c1-12-6-8-22-16(12)17(20)19-7-9-21-15(11-19)10-13-2-4-14(18)5-3-13/h2-6,8,15H,7,9-11H2,1H3/t15-/m1/s1. The molecule has 0 aliphatic carbocycles. The van der Waals surface area contributed by atoms with E-state index >= 15 is 0 Å². The summed E-state index contributed by atoms with van der Waals surface area (Å²) in [4.78, 5) is 14.2. The first-order valence-corrected chi connectivity index (χ1v) is 7.33. The molecule has 0 N–H and O–H groups in total. The zero-order valence-electron chi connectivity index (χ0n) is 12.4. The molecular formula is C17H18FNO3. The highest BCUT2D eigenvalue weighted by Crippen LogP contribution is 2.17. The molecule has 1 atom stereocenters. The van der Waals surface area contributed by atoms with Gasteiger partial charge in [0.05, 0.1) is 19.0 Å². The summed E-state index contributed by atoms with van der Waals surface area (Å²) in [6.45, 7) is 3.42. The largest absolute Gasteiger partial charge is 0.459 e. The van der Waals surface area contributed by atoms with Gasteiger partial charge in [-0.3, -0.25) is 4.79 Å². The van der Waals surface area contributed by atoms with E-state index in [1.165, 1.54) is 18.4 Å². The number of halogens is 1. The Bertz CT molecular complexity index is 650. The second-order valence-corrected chi connectivity index (χ2v) is 5.51. The third-order valence-electron chi connectivity index (χ3n) is 3.86. The van der Waals surface area contributed by atoms with E-state index in [9.17, 15) is 9.18 Å². The lowest BCUT2D eigenvalue weighted by Crippen LogP contribution is -2.46. The van der Waals surface area contributed by atoms with E-state index in [0.29, 0.717) is 31.9 Å². The molecule has 3 rings (SSSR count). The van der Waals surface area contributed by atoms with E-state index in [1.807, 2.05) is 6.92 Å². The molecule has 0 bridgehead atoms. The maximum atomic E-state index is 12.9. The Labute approximate surface area is 128 Å². The highest BCUT2D eigenvalue weighted by atomic mass is 19.1. The van der Waals surface area contributed by atoms with Gasteiger partial charge in [-0.05, 0) is 30.7 Å². The van der Waals surface area contributed by atoms with Crippen molar-refractivity contribution in [1.82, 2.24) is 4.90 Å². The zero-order valence-corrected chi connectivity index (χ0v) is 12.4. The molecule has 1 fully saturated rings. The maximum Gasteiger partial charge on any atom is 0.289 e. The van der Waals surface area contributed by atoms with Crippen LogP contribution in [0.4, 0.5) is 4.39 Å². The molecule has 0 spiro atoms. The molecule has 4 nitrogen and oxygen atoms in total. The number of furan rings is 1. The highest BCUT2D eigenvalue weighted by molar-refractivity contribution is 5.92. The molecule has 0 saturated carbocycles. The summed E-state index contributed by atoms with van der Waals surface area (Å²) in [6, 6.07) is 8.15. The lowest BCUT2D eigenvalue weighted by atomic mass is 10.1. The summed E-state index contributed by atoms with van der Waals surface area (Å²) in [5.41, 5.74) is 1.83. The molecule has 22 heavy (non-hydrogen) atoms. The Kier molecular flexibility index (Phi) is 4.24. The number of carbonyl (C=O) groups is 1. The van der Waals surface area contributed by atoms with Gasteiger partial charge in [-0.15, -0.1) is 0 Å². The van der Waals surface area contributed by atoms with Crippen LogP contribution in [0.3, 0.4) is 0 Å². The fourth-order valence-electron chi connectivity index (χ4n) is 2.65. The average Bonchev–Trinajstić information content (AvgIpc) is 2.95. The summed E-state index contributed by atoms with van der Waals surface area (Å²) < 4.78 is 23.9. The Balaban J connectivity index is 1.65. The normalized spacial score (nSPS) is 18.5. The minimum atomic E-state index is -0.251. The predicted octanol–water partition coefficient (Wildman–Crippen LogP) is 2.81. The highest BCUT2D eigenvalue weighted by Gasteiger charge is 2.27. The first-order valence-electron chi connectivity index (χ1n) is 7.33. The summed E-state index contributed by atoms with van der Waals surface area (Å²) >= 11 is 0. The molecule has 1 amide bonds. The van der Waals surface area contributed by atoms with Crippen molar-refractivity contribution >= 4 is 5.91 Å².